The van der Waals surface area contributed by atoms with Crippen LogP contribution in [0.2, 0.25) is 0 Å². The average Bonchev–Trinajstić information content (AvgIpc) is 2.99. The number of piperazine rings is 1. The molecule has 2 aliphatic rings. The number of carboxylic acids is 1. The minimum Gasteiger partial charge on any atom is -0.493 e. The van der Waals surface area contributed by atoms with Crippen LogP contribution in [0.4, 0.5) is 5.69 Å². The lowest BCUT2D eigenvalue weighted by molar-refractivity contribution is -0.306. The van der Waals surface area contributed by atoms with Gasteiger partial charge in [-0.25, -0.2) is 4.79 Å². The number of methoxy groups -OCH3 is 1. The summed E-state index contributed by atoms with van der Waals surface area (Å²) in [5.41, 5.74) is 2.84. The summed E-state index contributed by atoms with van der Waals surface area (Å²) < 4.78 is 22.7. The molecule has 0 aromatic heterocycles. The van der Waals surface area contributed by atoms with E-state index in [-0.39, 0.29) is 19.1 Å². The van der Waals surface area contributed by atoms with E-state index < -0.39 is 42.8 Å². The number of aliphatic carboxylic acids is 1. The summed E-state index contributed by atoms with van der Waals surface area (Å²) in [7, 11) is 1.52. The molecule has 236 valence electrons. The summed E-state index contributed by atoms with van der Waals surface area (Å²) in [5, 5.41) is 43.3. The van der Waals surface area contributed by atoms with Gasteiger partial charge in [0, 0.05) is 38.4 Å². The first-order valence-electron chi connectivity index (χ1n) is 14.2. The Hall–Kier alpha value is -3.30. The number of carboxylic acid groups (broad SMARTS) is 1. The van der Waals surface area contributed by atoms with E-state index >= 15 is 0 Å². The predicted octanol–water partition coefficient (Wildman–Crippen LogP) is 0.225. The third-order valence-corrected chi connectivity index (χ3v) is 7.67. The number of rotatable bonds is 12. The van der Waals surface area contributed by atoms with Gasteiger partial charge in [0.05, 0.1) is 13.7 Å². The first kappa shape index (κ1) is 32.6. The molecular weight excluding hydrogens is 562 g/mol. The van der Waals surface area contributed by atoms with Crippen molar-refractivity contribution < 1.29 is 49.0 Å². The van der Waals surface area contributed by atoms with Gasteiger partial charge in [-0.2, -0.15) is 0 Å². The molecule has 0 radical (unpaired) electrons. The SMILES string of the molecule is COc1ccccc1OC[C@@H](CN1CCN(CC(=O)Nc2c(C)cccc2C)CC1)O[C@@H]1O[C@H](C(=O)O)[C@@H](O)[C@H](O)[C@H]1O. The van der Waals surface area contributed by atoms with Gasteiger partial charge in [-0.05, 0) is 37.1 Å². The number of ether oxygens (including phenoxy) is 4. The molecule has 2 fully saturated rings. The molecule has 2 aromatic rings. The second-order valence-electron chi connectivity index (χ2n) is 10.8. The maximum absolute atomic E-state index is 12.8. The van der Waals surface area contributed by atoms with Crippen molar-refractivity contribution >= 4 is 17.6 Å². The zero-order valence-electron chi connectivity index (χ0n) is 24.6. The number of benzene rings is 2. The highest BCUT2D eigenvalue weighted by atomic mass is 16.7. The molecule has 2 aromatic carbocycles. The molecular formula is C30H41N3O10. The van der Waals surface area contributed by atoms with Crippen LogP contribution in [-0.4, -0.2) is 132 Å². The number of aliphatic hydroxyl groups is 3. The topological polar surface area (TPSA) is 170 Å². The monoisotopic (exact) mass is 603 g/mol. The van der Waals surface area contributed by atoms with Crippen molar-refractivity contribution in [2.24, 2.45) is 0 Å². The predicted molar refractivity (Wildman–Crippen MR) is 155 cm³/mol. The molecule has 2 heterocycles. The van der Waals surface area contributed by atoms with Crippen molar-refractivity contribution in [1.29, 1.82) is 0 Å². The molecule has 0 spiro atoms. The number of para-hydroxylation sites is 3. The highest BCUT2D eigenvalue weighted by molar-refractivity contribution is 5.93. The van der Waals surface area contributed by atoms with E-state index in [9.17, 15) is 30.0 Å². The average molecular weight is 604 g/mol. The second-order valence-corrected chi connectivity index (χ2v) is 10.8. The first-order chi connectivity index (χ1) is 20.6. The van der Waals surface area contributed by atoms with Crippen LogP contribution in [0.25, 0.3) is 0 Å². The molecule has 2 aliphatic heterocycles. The third kappa shape index (κ3) is 8.42. The van der Waals surface area contributed by atoms with Gasteiger partial charge in [0.2, 0.25) is 5.91 Å². The number of nitrogens with one attached hydrogen (secondary N) is 1. The van der Waals surface area contributed by atoms with Crippen LogP contribution >= 0.6 is 0 Å². The Morgan fingerprint density at radius 3 is 2.19 bits per heavy atom. The van der Waals surface area contributed by atoms with Crippen molar-refractivity contribution in [2.45, 2.75) is 50.7 Å². The van der Waals surface area contributed by atoms with E-state index in [1.165, 1.54) is 7.11 Å². The number of amides is 1. The van der Waals surface area contributed by atoms with E-state index in [0.29, 0.717) is 44.2 Å². The van der Waals surface area contributed by atoms with Crippen LogP contribution in [0, 0.1) is 13.8 Å². The lowest BCUT2D eigenvalue weighted by atomic mass is 9.99. The number of hydrogen-bond donors (Lipinski definition) is 5. The van der Waals surface area contributed by atoms with E-state index in [4.69, 9.17) is 18.9 Å². The number of aryl methyl sites for hydroxylation is 2. The van der Waals surface area contributed by atoms with Crippen molar-refractivity contribution in [3.8, 4) is 11.5 Å². The molecule has 2 saturated heterocycles. The van der Waals surface area contributed by atoms with Crippen LogP contribution in [0.15, 0.2) is 42.5 Å². The Labute approximate surface area is 250 Å². The largest absolute Gasteiger partial charge is 0.493 e. The number of nitrogens with zero attached hydrogens (tertiary/aromatic N) is 2. The van der Waals surface area contributed by atoms with E-state index in [0.717, 1.165) is 16.8 Å². The van der Waals surface area contributed by atoms with Crippen molar-refractivity contribution in [3.05, 3.63) is 53.6 Å². The highest BCUT2D eigenvalue weighted by Gasteiger charge is 2.48. The first-order valence-corrected chi connectivity index (χ1v) is 14.2. The number of aliphatic hydroxyl groups excluding tert-OH is 3. The van der Waals surface area contributed by atoms with Gasteiger partial charge < -0.3 is 44.7 Å². The number of carbonyl (C=O) groups is 2. The Morgan fingerprint density at radius 2 is 1.56 bits per heavy atom. The number of anilines is 1. The maximum atomic E-state index is 12.8. The number of carbonyl (C=O) groups excluding carboxylic acids is 1. The van der Waals surface area contributed by atoms with Gasteiger partial charge in [0.25, 0.3) is 0 Å². The molecule has 13 heteroatoms. The quantitative estimate of drug-likeness (QED) is 0.224. The Kier molecular flexibility index (Phi) is 11.3. The van der Waals surface area contributed by atoms with Gasteiger partial charge in [-0.3, -0.25) is 14.6 Å². The Morgan fingerprint density at radius 1 is 0.930 bits per heavy atom. The molecule has 0 aliphatic carbocycles. The third-order valence-electron chi connectivity index (χ3n) is 7.67. The second kappa shape index (κ2) is 14.9. The highest BCUT2D eigenvalue weighted by Crippen LogP contribution is 2.28. The molecule has 5 N–H and O–H groups in total. The zero-order valence-corrected chi connectivity index (χ0v) is 24.6. The van der Waals surface area contributed by atoms with Gasteiger partial charge >= 0.3 is 5.97 Å². The fourth-order valence-electron chi connectivity index (χ4n) is 5.22. The molecule has 4 rings (SSSR count). The molecule has 0 bridgehead atoms. The van der Waals surface area contributed by atoms with Crippen LogP contribution < -0.4 is 14.8 Å². The summed E-state index contributed by atoms with van der Waals surface area (Å²) in [4.78, 5) is 28.5. The summed E-state index contributed by atoms with van der Waals surface area (Å²) in [6.45, 7) is 6.93. The van der Waals surface area contributed by atoms with E-state index in [1.807, 2.05) is 32.0 Å². The van der Waals surface area contributed by atoms with E-state index in [2.05, 4.69) is 15.1 Å². The van der Waals surface area contributed by atoms with Gasteiger partial charge in [0.15, 0.2) is 23.9 Å². The minimum atomic E-state index is -1.82. The van der Waals surface area contributed by atoms with Crippen molar-refractivity contribution in [1.82, 2.24) is 9.80 Å². The molecule has 43 heavy (non-hydrogen) atoms. The van der Waals surface area contributed by atoms with Crippen molar-refractivity contribution in [3.63, 3.8) is 0 Å². The summed E-state index contributed by atoms with van der Waals surface area (Å²) >= 11 is 0. The van der Waals surface area contributed by atoms with Crippen LogP contribution in [0.1, 0.15) is 11.1 Å². The summed E-state index contributed by atoms with van der Waals surface area (Å²) in [6, 6.07) is 12.9. The lowest BCUT2D eigenvalue weighted by Crippen LogP contribution is -2.61. The van der Waals surface area contributed by atoms with Gasteiger partial charge in [-0.15, -0.1) is 0 Å². The number of hydrogen-bond acceptors (Lipinski definition) is 11. The fraction of sp³-hybridized carbons (Fsp3) is 0.533. The van der Waals surface area contributed by atoms with Crippen LogP contribution in [-0.2, 0) is 19.1 Å². The normalized spacial score (nSPS) is 25.6. The molecule has 1 amide bonds. The zero-order chi connectivity index (χ0) is 31.1. The van der Waals surface area contributed by atoms with Crippen LogP contribution in [0.5, 0.6) is 11.5 Å². The molecule has 6 atom stereocenters. The summed E-state index contributed by atoms with van der Waals surface area (Å²) in [6.07, 6.45) is -9.34. The standard InChI is InChI=1S/C30H41N3O10/c1-18-7-6-8-19(2)24(18)31-23(34)16-33-13-11-32(12-14-33)15-20(17-41-22-10-5-4-9-21(22)40-3)42-30-27(37)25(35)26(36)28(43-30)29(38)39/h4-10,20,25-28,30,35-37H,11-17H2,1-3H3,(H,31,34)(H,38,39)/t20-,25+,26+,27-,28+,30-/m1/s1. The van der Waals surface area contributed by atoms with E-state index in [1.54, 1.807) is 24.3 Å². The fourth-order valence-corrected chi connectivity index (χ4v) is 5.22. The molecule has 0 unspecified atom stereocenters. The minimum absolute atomic E-state index is 0.0122. The van der Waals surface area contributed by atoms with Gasteiger partial charge in [-0.1, -0.05) is 30.3 Å². The molecule has 13 nitrogen and oxygen atoms in total. The Balaban J connectivity index is 1.37. The van der Waals surface area contributed by atoms with Crippen LogP contribution in [0.3, 0.4) is 0 Å². The molecule has 0 saturated carbocycles. The summed E-state index contributed by atoms with van der Waals surface area (Å²) in [5.74, 6) is -0.615. The Bertz CT molecular complexity index is 1220. The van der Waals surface area contributed by atoms with Crippen molar-refractivity contribution in [2.75, 3.05) is 58.3 Å². The smallest absolute Gasteiger partial charge is 0.335 e. The maximum Gasteiger partial charge on any atom is 0.335 e. The van der Waals surface area contributed by atoms with Gasteiger partial charge in [0.1, 0.15) is 31.0 Å². The lowest BCUT2D eigenvalue weighted by Gasteiger charge is -2.41.